The number of hydrogen-bond acceptors (Lipinski definition) is 4. The average molecular weight is 440 g/mol. The van der Waals surface area contributed by atoms with Gasteiger partial charge in [-0.2, -0.15) is 5.10 Å². The zero-order valence-electron chi connectivity index (χ0n) is 20.3. The third-order valence-electron chi connectivity index (χ3n) is 6.38. The summed E-state index contributed by atoms with van der Waals surface area (Å²) in [7, 11) is 0. The molecule has 1 amide bonds. The number of anilines is 1. The quantitative estimate of drug-likeness (QED) is 0.624. The van der Waals surface area contributed by atoms with Crippen molar-refractivity contribution in [2.45, 2.75) is 72.6 Å². The molecule has 1 aromatic carbocycles. The van der Waals surface area contributed by atoms with Crippen molar-refractivity contribution in [2.24, 2.45) is 17.3 Å². The van der Waals surface area contributed by atoms with Gasteiger partial charge in [0.25, 0.3) is 5.91 Å². The van der Waals surface area contributed by atoms with Crippen LogP contribution in [0.3, 0.4) is 0 Å². The lowest BCUT2D eigenvalue weighted by Crippen LogP contribution is -2.31. The van der Waals surface area contributed by atoms with Gasteiger partial charge in [0.15, 0.2) is 6.61 Å². The van der Waals surface area contributed by atoms with Gasteiger partial charge < -0.3 is 10.1 Å². The maximum atomic E-state index is 12.6. The normalized spacial score (nSPS) is 19.4. The maximum Gasteiger partial charge on any atom is 0.309 e. The zero-order valence-corrected chi connectivity index (χ0v) is 20.3. The van der Waals surface area contributed by atoms with E-state index in [2.05, 4.69) is 46.9 Å². The highest BCUT2D eigenvalue weighted by molar-refractivity contribution is 5.92. The predicted molar refractivity (Wildman–Crippen MR) is 127 cm³/mol. The average Bonchev–Trinajstić information content (AvgIpc) is 3.16. The molecule has 0 aliphatic heterocycles. The molecule has 1 aliphatic rings. The minimum Gasteiger partial charge on any atom is -0.455 e. The number of rotatable bonds is 5. The van der Waals surface area contributed by atoms with Gasteiger partial charge in [0.1, 0.15) is 5.82 Å². The molecule has 32 heavy (non-hydrogen) atoms. The lowest BCUT2D eigenvalue weighted by Gasteiger charge is -2.36. The Morgan fingerprint density at radius 3 is 2.22 bits per heavy atom. The number of nitrogens with zero attached hydrogens (tertiary/aromatic N) is 2. The molecule has 1 aliphatic carbocycles. The number of esters is 1. The van der Waals surface area contributed by atoms with Crippen molar-refractivity contribution in [2.75, 3.05) is 11.9 Å². The number of amides is 1. The molecule has 2 aromatic rings. The summed E-state index contributed by atoms with van der Waals surface area (Å²) in [4.78, 5) is 25.1. The molecule has 0 bridgehead atoms. The third kappa shape index (κ3) is 5.99. The number of para-hydroxylation sites is 1. The van der Waals surface area contributed by atoms with Gasteiger partial charge in [-0.05, 0) is 49.1 Å². The van der Waals surface area contributed by atoms with Crippen LogP contribution in [0.15, 0.2) is 36.4 Å². The molecule has 1 heterocycles. The summed E-state index contributed by atoms with van der Waals surface area (Å²) in [6.45, 7) is 12.7. The van der Waals surface area contributed by atoms with Crippen molar-refractivity contribution >= 4 is 17.7 Å². The standard InChI is InChI=1S/C26H37N3O3/c1-25(2,3)19-14-12-18(13-15-19)24(31)32-17-23(30)27-22-16-21(26(4,5)6)28-29(22)20-10-8-7-9-11-20/h7-11,16,18-19H,12-15,17H2,1-6H3,(H,27,30). The summed E-state index contributed by atoms with van der Waals surface area (Å²) in [6, 6.07) is 11.5. The van der Waals surface area contributed by atoms with Crippen LogP contribution in [0.5, 0.6) is 0 Å². The Morgan fingerprint density at radius 2 is 1.66 bits per heavy atom. The Labute approximate surface area is 191 Å². The predicted octanol–water partition coefficient (Wildman–Crippen LogP) is 5.50. The Kier molecular flexibility index (Phi) is 7.11. The number of aromatic nitrogens is 2. The van der Waals surface area contributed by atoms with Crippen molar-refractivity contribution in [3.63, 3.8) is 0 Å². The van der Waals surface area contributed by atoms with Crippen LogP contribution in [0.4, 0.5) is 5.82 Å². The van der Waals surface area contributed by atoms with Gasteiger partial charge in [-0.1, -0.05) is 59.7 Å². The van der Waals surface area contributed by atoms with E-state index in [1.165, 1.54) is 0 Å². The van der Waals surface area contributed by atoms with Crippen LogP contribution in [-0.4, -0.2) is 28.3 Å². The molecule has 0 spiro atoms. The molecule has 1 saturated carbocycles. The van der Waals surface area contributed by atoms with E-state index in [0.717, 1.165) is 37.1 Å². The van der Waals surface area contributed by atoms with Gasteiger partial charge >= 0.3 is 5.97 Å². The molecule has 174 valence electrons. The highest BCUT2D eigenvalue weighted by Crippen LogP contribution is 2.40. The van der Waals surface area contributed by atoms with E-state index >= 15 is 0 Å². The summed E-state index contributed by atoms with van der Waals surface area (Å²) in [6.07, 6.45) is 3.72. The van der Waals surface area contributed by atoms with Crippen LogP contribution in [0.25, 0.3) is 5.69 Å². The Bertz CT molecular complexity index is 927. The van der Waals surface area contributed by atoms with Gasteiger partial charge in [0.2, 0.25) is 0 Å². The molecule has 1 fully saturated rings. The molecular formula is C26H37N3O3. The molecule has 0 saturated heterocycles. The first-order valence-electron chi connectivity index (χ1n) is 11.6. The van der Waals surface area contributed by atoms with Crippen molar-refractivity contribution in [1.29, 1.82) is 0 Å². The lowest BCUT2D eigenvalue weighted by atomic mass is 9.70. The lowest BCUT2D eigenvalue weighted by molar-refractivity contribution is -0.153. The van der Waals surface area contributed by atoms with E-state index in [1.807, 2.05) is 36.4 Å². The molecule has 0 unspecified atom stereocenters. The number of ether oxygens (including phenoxy) is 1. The molecule has 0 radical (unpaired) electrons. The van der Waals surface area contributed by atoms with Crippen molar-refractivity contribution in [3.05, 3.63) is 42.1 Å². The Hall–Kier alpha value is -2.63. The van der Waals surface area contributed by atoms with Gasteiger partial charge in [0.05, 0.1) is 17.3 Å². The summed E-state index contributed by atoms with van der Waals surface area (Å²) in [5.74, 6) is 0.459. The minimum absolute atomic E-state index is 0.108. The number of hydrogen-bond donors (Lipinski definition) is 1. The van der Waals surface area contributed by atoms with Gasteiger partial charge in [-0.25, -0.2) is 4.68 Å². The Balaban J connectivity index is 1.60. The fourth-order valence-corrected chi connectivity index (χ4v) is 4.23. The largest absolute Gasteiger partial charge is 0.455 e. The first-order valence-corrected chi connectivity index (χ1v) is 11.6. The zero-order chi connectivity index (χ0) is 23.5. The maximum absolute atomic E-state index is 12.6. The van der Waals surface area contributed by atoms with E-state index in [4.69, 9.17) is 9.84 Å². The second-order valence-electron chi connectivity index (χ2n) is 11.0. The van der Waals surface area contributed by atoms with Crippen molar-refractivity contribution in [3.8, 4) is 5.69 Å². The monoisotopic (exact) mass is 439 g/mol. The van der Waals surface area contributed by atoms with E-state index < -0.39 is 0 Å². The van der Waals surface area contributed by atoms with E-state index in [1.54, 1.807) is 4.68 Å². The van der Waals surface area contributed by atoms with Crippen LogP contribution in [-0.2, 0) is 19.7 Å². The van der Waals surface area contributed by atoms with E-state index in [-0.39, 0.29) is 35.2 Å². The smallest absolute Gasteiger partial charge is 0.309 e. The second kappa shape index (κ2) is 9.47. The van der Waals surface area contributed by atoms with E-state index in [9.17, 15) is 9.59 Å². The van der Waals surface area contributed by atoms with Crippen molar-refractivity contribution < 1.29 is 14.3 Å². The number of carbonyl (C=O) groups is 2. The van der Waals surface area contributed by atoms with Crippen molar-refractivity contribution in [1.82, 2.24) is 9.78 Å². The highest BCUT2D eigenvalue weighted by atomic mass is 16.5. The SMILES string of the molecule is CC(C)(C)c1cc(NC(=O)COC(=O)C2CCC(C(C)(C)C)CC2)n(-c2ccccc2)n1. The fraction of sp³-hybridized carbons (Fsp3) is 0.577. The summed E-state index contributed by atoms with van der Waals surface area (Å²) in [5.41, 5.74) is 1.82. The second-order valence-corrected chi connectivity index (χ2v) is 11.0. The molecular weight excluding hydrogens is 402 g/mol. The molecule has 3 rings (SSSR count). The van der Waals surface area contributed by atoms with Gasteiger partial charge in [-0.15, -0.1) is 0 Å². The molecule has 1 aromatic heterocycles. The number of carbonyl (C=O) groups excluding carboxylic acids is 2. The molecule has 6 heteroatoms. The van der Waals surface area contributed by atoms with Crippen LogP contribution in [0.2, 0.25) is 0 Å². The summed E-state index contributed by atoms with van der Waals surface area (Å²) in [5, 5.41) is 7.57. The first-order chi connectivity index (χ1) is 14.9. The molecule has 0 atom stereocenters. The Morgan fingerprint density at radius 1 is 1.03 bits per heavy atom. The molecule has 6 nitrogen and oxygen atoms in total. The minimum atomic E-state index is -0.362. The van der Waals surface area contributed by atoms with E-state index in [0.29, 0.717) is 11.7 Å². The number of benzene rings is 1. The first kappa shape index (κ1) is 24.0. The van der Waals surface area contributed by atoms with Crippen LogP contribution < -0.4 is 5.32 Å². The molecule has 1 N–H and O–H groups in total. The third-order valence-corrected chi connectivity index (χ3v) is 6.38. The van der Waals surface area contributed by atoms with Crippen LogP contribution in [0, 0.1) is 17.3 Å². The topological polar surface area (TPSA) is 73.2 Å². The number of nitrogens with one attached hydrogen (secondary N) is 1. The summed E-state index contributed by atoms with van der Waals surface area (Å²) >= 11 is 0. The van der Waals surface area contributed by atoms with Gasteiger partial charge in [-0.3, -0.25) is 9.59 Å². The van der Waals surface area contributed by atoms with Crippen LogP contribution in [0.1, 0.15) is 72.9 Å². The summed E-state index contributed by atoms with van der Waals surface area (Å²) < 4.78 is 7.09. The van der Waals surface area contributed by atoms with Gasteiger partial charge in [0, 0.05) is 11.5 Å². The van der Waals surface area contributed by atoms with Crippen LogP contribution >= 0.6 is 0 Å². The highest BCUT2D eigenvalue weighted by Gasteiger charge is 2.33. The fourth-order valence-electron chi connectivity index (χ4n) is 4.23.